The maximum atomic E-state index is 12.4. The molecule has 25 heavy (non-hydrogen) atoms. The fraction of sp³-hybridized carbons (Fsp3) is 0.316. The number of fused-ring (bicyclic) bond motifs is 1. The molecule has 1 amide bonds. The van der Waals surface area contributed by atoms with Gasteiger partial charge in [-0.05, 0) is 31.2 Å². The van der Waals surface area contributed by atoms with Crippen molar-refractivity contribution in [3.05, 3.63) is 48.0 Å². The molecule has 0 radical (unpaired) electrons. The molecule has 5 nitrogen and oxygen atoms in total. The quantitative estimate of drug-likeness (QED) is 0.803. The highest BCUT2D eigenvalue weighted by Crippen LogP contribution is 2.35. The highest BCUT2D eigenvalue weighted by molar-refractivity contribution is 8.00. The standard InChI is InChI=1S/C19H21NO4S/c1-13(19(21)20-12-14-5-3-4-6-16(14)22-2)25-15-7-8-17-18(11-15)24-10-9-23-17/h3-8,11,13H,9-10,12H2,1-2H3,(H,20,21)/t13-/m1/s1. The van der Waals surface area contributed by atoms with Gasteiger partial charge in [0, 0.05) is 17.0 Å². The lowest BCUT2D eigenvalue weighted by molar-refractivity contribution is -0.120. The molecular weight excluding hydrogens is 338 g/mol. The molecule has 6 heteroatoms. The first kappa shape index (κ1) is 17.5. The zero-order valence-corrected chi connectivity index (χ0v) is 15.1. The third-order valence-electron chi connectivity index (χ3n) is 3.84. The number of hydrogen-bond donors (Lipinski definition) is 1. The van der Waals surface area contributed by atoms with E-state index in [1.54, 1.807) is 7.11 Å². The van der Waals surface area contributed by atoms with E-state index in [-0.39, 0.29) is 11.2 Å². The Morgan fingerprint density at radius 1 is 1.20 bits per heavy atom. The van der Waals surface area contributed by atoms with E-state index in [4.69, 9.17) is 14.2 Å². The predicted octanol–water partition coefficient (Wildman–Crippen LogP) is 3.26. The summed E-state index contributed by atoms with van der Waals surface area (Å²) < 4.78 is 16.4. The van der Waals surface area contributed by atoms with Crippen molar-refractivity contribution in [2.45, 2.75) is 23.6 Å². The molecule has 1 aliphatic rings. The van der Waals surface area contributed by atoms with Crippen molar-refractivity contribution in [1.29, 1.82) is 0 Å². The van der Waals surface area contributed by atoms with E-state index in [0.717, 1.165) is 27.7 Å². The van der Waals surface area contributed by atoms with Crippen molar-refractivity contribution >= 4 is 17.7 Å². The maximum absolute atomic E-state index is 12.4. The van der Waals surface area contributed by atoms with Gasteiger partial charge < -0.3 is 19.5 Å². The smallest absolute Gasteiger partial charge is 0.233 e. The van der Waals surface area contributed by atoms with Gasteiger partial charge >= 0.3 is 0 Å². The first-order chi connectivity index (χ1) is 12.2. The molecule has 2 aromatic rings. The summed E-state index contributed by atoms with van der Waals surface area (Å²) in [6.07, 6.45) is 0. The van der Waals surface area contributed by atoms with Crippen molar-refractivity contribution in [3.8, 4) is 17.2 Å². The number of benzene rings is 2. The summed E-state index contributed by atoms with van der Waals surface area (Å²) in [6.45, 7) is 3.45. The zero-order chi connectivity index (χ0) is 17.6. The second-order valence-corrected chi connectivity index (χ2v) is 7.01. The van der Waals surface area contributed by atoms with E-state index in [9.17, 15) is 4.79 Å². The Morgan fingerprint density at radius 3 is 2.76 bits per heavy atom. The molecule has 132 valence electrons. The molecule has 2 aromatic carbocycles. The van der Waals surface area contributed by atoms with Gasteiger partial charge in [0.1, 0.15) is 19.0 Å². The number of hydrogen-bond acceptors (Lipinski definition) is 5. The first-order valence-electron chi connectivity index (χ1n) is 8.13. The van der Waals surface area contributed by atoms with Crippen LogP contribution >= 0.6 is 11.8 Å². The summed E-state index contributed by atoms with van der Waals surface area (Å²) in [6, 6.07) is 13.4. The average Bonchev–Trinajstić information content (AvgIpc) is 2.66. The summed E-state index contributed by atoms with van der Waals surface area (Å²) in [5, 5.41) is 2.74. The number of para-hydroxylation sites is 1. The van der Waals surface area contributed by atoms with E-state index < -0.39 is 0 Å². The van der Waals surface area contributed by atoms with E-state index in [2.05, 4.69) is 5.32 Å². The third-order valence-corrected chi connectivity index (χ3v) is 4.94. The fourth-order valence-corrected chi connectivity index (χ4v) is 3.45. The number of thioether (sulfide) groups is 1. The van der Waals surface area contributed by atoms with Crippen molar-refractivity contribution in [2.75, 3.05) is 20.3 Å². The molecule has 0 saturated carbocycles. The minimum Gasteiger partial charge on any atom is -0.496 e. The number of carbonyl (C=O) groups is 1. The molecule has 3 rings (SSSR count). The van der Waals surface area contributed by atoms with Crippen LogP contribution < -0.4 is 19.5 Å². The molecule has 1 aliphatic heterocycles. The lowest BCUT2D eigenvalue weighted by Gasteiger charge is -2.19. The van der Waals surface area contributed by atoms with Crippen LogP contribution in [0.3, 0.4) is 0 Å². The number of nitrogens with one attached hydrogen (secondary N) is 1. The molecule has 0 saturated heterocycles. The largest absolute Gasteiger partial charge is 0.496 e. The van der Waals surface area contributed by atoms with Crippen LogP contribution in [0.4, 0.5) is 0 Å². The second-order valence-electron chi connectivity index (χ2n) is 5.60. The van der Waals surface area contributed by atoms with E-state index in [1.807, 2.05) is 49.4 Å². The van der Waals surface area contributed by atoms with Crippen molar-refractivity contribution in [2.24, 2.45) is 0 Å². The Morgan fingerprint density at radius 2 is 1.96 bits per heavy atom. The molecule has 1 N–H and O–H groups in total. The zero-order valence-electron chi connectivity index (χ0n) is 14.3. The highest BCUT2D eigenvalue weighted by Gasteiger charge is 2.17. The molecule has 1 heterocycles. The predicted molar refractivity (Wildman–Crippen MR) is 97.6 cm³/mol. The molecule has 0 fully saturated rings. The molecule has 0 spiro atoms. The van der Waals surface area contributed by atoms with Gasteiger partial charge in [-0.3, -0.25) is 4.79 Å². The Hall–Kier alpha value is -2.34. The van der Waals surface area contributed by atoms with Crippen LogP contribution in [-0.4, -0.2) is 31.5 Å². The van der Waals surface area contributed by atoms with E-state index in [0.29, 0.717) is 19.8 Å². The normalized spacial score (nSPS) is 13.8. The average molecular weight is 359 g/mol. The molecule has 0 aromatic heterocycles. The SMILES string of the molecule is COc1ccccc1CNC(=O)[C@@H](C)Sc1ccc2c(c1)OCCO2. The minimum absolute atomic E-state index is 0.0224. The second kappa shape index (κ2) is 8.16. The van der Waals surface area contributed by atoms with Gasteiger partial charge in [-0.15, -0.1) is 11.8 Å². The lowest BCUT2D eigenvalue weighted by atomic mass is 10.2. The van der Waals surface area contributed by atoms with Crippen LogP contribution in [0.5, 0.6) is 17.2 Å². The summed E-state index contributed by atoms with van der Waals surface area (Å²) in [4.78, 5) is 13.4. The summed E-state index contributed by atoms with van der Waals surface area (Å²) >= 11 is 1.49. The minimum atomic E-state index is -0.225. The number of rotatable bonds is 6. The van der Waals surface area contributed by atoms with Crippen LogP contribution in [0.2, 0.25) is 0 Å². The molecule has 1 atom stereocenters. The number of methoxy groups -OCH3 is 1. The Bertz CT molecular complexity index is 750. The number of carbonyl (C=O) groups excluding carboxylic acids is 1. The number of amides is 1. The van der Waals surface area contributed by atoms with Gasteiger partial charge in [0.2, 0.25) is 5.91 Å². The molecular formula is C19H21NO4S. The Labute approximate surface area is 151 Å². The summed E-state index contributed by atoms with van der Waals surface area (Å²) in [5.74, 6) is 2.24. The van der Waals surface area contributed by atoms with E-state index >= 15 is 0 Å². The topological polar surface area (TPSA) is 56.8 Å². The summed E-state index contributed by atoms with van der Waals surface area (Å²) in [7, 11) is 1.63. The van der Waals surface area contributed by atoms with Gasteiger partial charge in [-0.2, -0.15) is 0 Å². The van der Waals surface area contributed by atoms with Crippen LogP contribution in [0, 0.1) is 0 Å². The third kappa shape index (κ3) is 4.39. The van der Waals surface area contributed by atoms with Crippen molar-refractivity contribution in [3.63, 3.8) is 0 Å². The van der Waals surface area contributed by atoms with Gasteiger partial charge in [0.05, 0.1) is 12.4 Å². The van der Waals surface area contributed by atoms with Gasteiger partial charge in [0.15, 0.2) is 11.5 Å². The van der Waals surface area contributed by atoms with Gasteiger partial charge in [-0.25, -0.2) is 0 Å². The van der Waals surface area contributed by atoms with E-state index in [1.165, 1.54) is 11.8 Å². The molecule has 0 aliphatic carbocycles. The molecule has 0 bridgehead atoms. The fourth-order valence-electron chi connectivity index (χ4n) is 2.53. The monoisotopic (exact) mass is 359 g/mol. The number of ether oxygens (including phenoxy) is 3. The van der Waals surface area contributed by atoms with Crippen LogP contribution in [0.1, 0.15) is 12.5 Å². The Balaban J connectivity index is 1.57. The van der Waals surface area contributed by atoms with Gasteiger partial charge in [-0.1, -0.05) is 18.2 Å². The summed E-state index contributed by atoms with van der Waals surface area (Å²) in [5.41, 5.74) is 0.954. The highest BCUT2D eigenvalue weighted by atomic mass is 32.2. The lowest BCUT2D eigenvalue weighted by Crippen LogP contribution is -2.30. The maximum Gasteiger partial charge on any atom is 0.233 e. The van der Waals surface area contributed by atoms with Crippen LogP contribution in [0.15, 0.2) is 47.4 Å². The van der Waals surface area contributed by atoms with Crippen LogP contribution in [-0.2, 0) is 11.3 Å². The first-order valence-corrected chi connectivity index (χ1v) is 9.01. The van der Waals surface area contributed by atoms with Crippen molar-refractivity contribution in [1.82, 2.24) is 5.32 Å². The van der Waals surface area contributed by atoms with Crippen molar-refractivity contribution < 1.29 is 19.0 Å². The molecule has 0 unspecified atom stereocenters. The van der Waals surface area contributed by atoms with Crippen LogP contribution in [0.25, 0.3) is 0 Å². The van der Waals surface area contributed by atoms with Gasteiger partial charge in [0.25, 0.3) is 0 Å². The Kier molecular flexibility index (Phi) is 5.71.